The zero-order valence-electron chi connectivity index (χ0n) is 12.8. The molecular weight excluding hydrogens is 252 g/mol. The summed E-state index contributed by atoms with van der Waals surface area (Å²) in [6.07, 6.45) is 3.25. The summed E-state index contributed by atoms with van der Waals surface area (Å²) in [5.74, 6) is 2.16. The molecule has 2 heterocycles. The van der Waals surface area contributed by atoms with Crippen molar-refractivity contribution in [1.82, 2.24) is 9.97 Å². The molecule has 2 rings (SSSR count). The van der Waals surface area contributed by atoms with Crippen LogP contribution in [0.3, 0.4) is 0 Å². The van der Waals surface area contributed by atoms with E-state index in [1.807, 2.05) is 13.0 Å². The van der Waals surface area contributed by atoms with Gasteiger partial charge in [-0.2, -0.15) is 4.98 Å². The van der Waals surface area contributed by atoms with E-state index < -0.39 is 0 Å². The molecule has 5 heteroatoms. The number of piperidine rings is 1. The zero-order valence-corrected chi connectivity index (χ0v) is 12.8. The largest absolute Gasteiger partial charge is 0.478 e. The fourth-order valence-electron chi connectivity index (χ4n) is 2.67. The predicted molar refractivity (Wildman–Crippen MR) is 81.1 cm³/mol. The van der Waals surface area contributed by atoms with Gasteiger partial charge < -0.3 is 15.4 Å². The van der Waals surface area contributed by atoms with Gasteiger partial charge in [-0.25, -0.2) is 4.98 Å². The SMILES string of the molecule is CCCOc1cc(C)nc(N2CCC(C)CC2CN)n1. The van der Waals surface area contributed by atoms with E-state index in [-0.39, 0.29) is 0 Å². The van der Waals surface area contributed by atoms with Crippen molar-refractivity contribution in [3.63, 3.8) is 0 Å². The number of hydrogen-bond donors (Lipinski definition) is 1. The van der Waals surface area contributed by atoms with E-state index >= 15 is 0 Å². The minimum Gasteiger partial charge on any atom is -0.478 e. The summed E-state index contributed by atoms with van der Waals surface area (Å²) in [4.78, 5) is 11.4. The summed E-state index contributed by atoms with van der Waals surface area (Å²) in [6, 6.07) is 2.22. The molecule has 1 aliphatic rings. The molecule has 1 aromatic rings. The van der Waals surface area contributed by atoms with Gasteiger partial charge in [0.2, 0.25) is 11.8 Å². The molecule has 0 bridgehead atoms. The highest BCUT2D eigenvalue weighted by Gasteiger charge is 2.27. The summed E-state index contributed by atoms with van der Waals surface area (Å²) < 4.78 is 5.65. The molecule has 1 fully saturated rings. The maximum atomic E-state index is 5.92. The van der Waals surface area contributed by atoms with Gasteiger partial charge in [-0.3, -0.25) is 0 Å². The Morgan fingerprint density at radius 1 is 1.45 bits per heavy atom. The molecule has 1 saturated heterocycles. The van der Waals surface area contributed by atoms with Crippen LogP contribution in [0.15, 0.2) is 6.07 Å². The molecule has 2 atom stereocenters. The standard InChI is InChI=1S/C15H26N4O/c1-4-7-20-14-9-12(3)17-15(18-14)19-6-5-11(2)8-13(19)10-16/h9,11,13H,4-8,10,16H2,1-3H3. The highest BCUT2D eigenvalue weighted by atomic mass is 16.5. The molecule has 2 N–H and O–H groups in total. The molecular formula is C15H26N4O. The van der Waals surface area contributed by atoms with Crippen molar-refractivity contribution in [2.24, 2.45) is 11.7 Å². The quantitative estimate of drug-likeness (QED) is 0.894. The first-order valence-electron chi connectivity index (χ1n) is 7.59. The van der Waals surface area contributed by atoms with Gasteiger partial charge in [-0.15, -0.1) is 0 Å². The highest BCUT2D eigenvalue weighted by Crippen LogP contribution is 2.26. The zero-order chi connectivity index (χ0) is 14.5. The maximum absolute atomic E-state index is 5.92. The van der Waals surface area contributed by atoms with Gasteiger partial charge >= 0.3 is 0 Å². The van der Waals surface area contributed by atoms with Crippen LogP contribution in [-0.2, 0) is 0 Å². The molecule has 112 valence electrons. The number of aromatic nitrogens is 2. The molecule has 1 aromatic heterocycles. The number of hydrogen-bond acceptors (Lipinski definition) is 5. The van der Waals surface area contributed by atoms with Crippen LogP contribution in [0.5, 0.6) is 5.88 Å². The minimum absolute atomic E-state index is 0.333. The third-order valence-electron chi connectivity index (χ3n) is 3.78. The van der Waals surface area contributed by atoms with Crippen LogP contribution in [0.2, 0.25) is 0 Å². The van der Waals surface area contributed by atoms with E-state index in [4.69, 9.17) is 10.5 Å². The number of ether oxygens (including phenoxy) is 1. The average Bonchev–Trinajstić information content (AvgIpc) is 2.44. The number of rotatable bonds is 5. The lowest BCUT2D eigenvalue weighted by Gasteiger charge is -2.38. The van der Waals surface area contributed by atoms with Gasteiger partial charge in [0.25, 0.3) is 0 Å². The van der Waals surface area contributed by atoms with Crippen molar-refractivity contribution in [2.75, 3.05) is 24.6 Å². The third kappa shape index (κ3) is 3.60. The van der Waals surface area contributed by atoms with Gasteiger partial charge in [-0.05, 0) is 32.1 Å². The van der Waals surface area contributed by atoms with Crippen LogP contribution < -0.4 is 15.4 Å². The summed E-state index contributed by atoms with van der Waals surface area (Å²) in [7, 11) is 0. The lowest BCUT2D eigenvalue weighted by Crippen LogP contribution is -2.47. The van der Waals surface area contributed by atoms with Gasteiger partial charge in [0.15, 0.2) is 0 Å². The van der Waals surface area contributed by atoms with Gasteiger partial charge in [0.1, 0.15) is 0 Å². The van der Waals surface area contributed by atoms with E-state index in [9.17, 15) is 0 Å². The molecule has 2 unspecified atom stereocenters. The third-order valence-corrected chi connectivity index (χ3v) is 3.78. The molecule has 5 nitrogen and oxygen atoms in total. The Bertz CT molecular complexity index is 438. The second-order valence-electron chi connectivity index (χ2n) is 5.71. The van der Waals surface area contributed by atoms with Crippen LogP contribution >= 0.6 is 0 Å². The molecule has 1 aliphatic heterocycles. The fourth-order valence-corrected chi connectivity index (χ4v) is 2.67. The number of anilines is 1. The van der Waals surface area contributed by atoms with Gasteiger partial charge in [-0.1, -0.05) is 13.8 Å². The van der Waals surface area contributed by atoms with Crippen LogP contribution in [0, 0.1) is 12.8 Å². The van der Waals surface area contributed by atoms with Crippen LogP contribution in [0.4, 0.5) is 5.95 Å². The van der Waals surface area contributed by atoms with Gasteiger partial charge in [0.05, 0.1) is 6.61 Å². The lowest BCUT2D eigenvalue weighted by atomic mass is 9.93. The van der Waals surface area contributed by atoms with E-state index in [1.165, 1.54) is 6.42 Å². The predicted octanol–water partition coefficient (Wildman–Crippen LogP) is 2.14. The van der Waals surface area contributed by atoms with Crippen molar-refractivity contribution in [3.8, 4) is 5.88 Å². The molecule has 0 aliphatic carbocycles. The second-order valence-corrected chi connectivity index (χ2v) is 5.71. The normalized spacial score (nSPS) is 22.9. The van der Waals surface area contributed by atoms with Crippen molar-refractivity contribution in [1.29, 1.82) is 0 Å². The Balaban J connectivity index is 2.19. The van der Waals surface area contributed by atoms with Crippen LogP contribution in [-0.4, -0.2) is 35.7 Å². The first-order chi connectivity index (χ1) is 9.63. The Kier molecular flexibility index (Phi) is 5.17. The molecule has 20 heavy (non-hydrogen) atoms. The van der Waals surface area contributed by atoms with E-state index in [2.05, 4.69) is 28.7 Å². The van der Waals surface area contributed by atoms with Crippen molar-refractivity contribution < 1.29 is 4.74 Å². The first-order valence-corrected chi connectivity index (χ1v) is 7.59. The number of aryl methyl sites for hydroxylation is 1. The Labute approximate surface area is 121 Å². The Hall–Kier alpha value is -1.36. The average molecular weight is 278 g/mol. The molecule has 0 spiro atoms. The van der Waals surface area contributed by atoms with Crippen molar-refractivity contribution in [3.05, 3.63) is 11.8 Å². The van der Waals surface area contributed by atoms with E-state index in [1.54, 1.807) is 0 Å². The Morgan fingerprint density at radius 3 is 2.95 bits per heavy atom. The fraction of sp³-hybridized carbons (Fsp3) is 0.733. The maximum Gasteiger partial charge on any atom is 0.229 e. The summed E-state index contributed by atoms with van der Waals surface area (Å²) >= 11 is 0. The van der Waals surface area contributed by atoms with E-state index in [0.29, 0.717) is 25.1 Å². The van der Waals surface area contributed by atoms with Crippen LogP contribution in [0.25, 0.3) is 0 Å². The number of nitrogens with zero attached hydrogens (tertiary/aromatic N) is 3. The summed E-state index contributed by atoms with van der Waals surface area (Å²) in [5, 5.41) is 0. The monoisotopic (exact) mass is 278 g/mol. The van der Waals surface area contributed by atoms with Gasteiger partial charge in [0, 0.05) is 30.9 Å². The van der Waals surface area contributed by atoms with Crippen molar-refractivity contribution >= 4 is 5.95 Å². The summed E-state index contributed by atoms with van der Waals surface area (Å²) in [6.45, 7) is 8.66. The second kappa shape index (κ2) is 6.88. The molecule has 0 saturated carbocycles. The van der Waals surface area contributed by atoms with Crippen LogP contribution in [0.1, 0.15) is 38.8 Å². The lowest BCUT2D eigenvalue weighted by molar-refractivity contribution is 0.303. The number of nitrogens with two attached hydrogens (primary N) is 1. The first kappa shape index (κ1) is 15.0. The highest BCUT2D eigenvalue weighted by molar-refractivity contribution is 5.36. The Morgan fingerprint density at radius 2 is 2.25 bits per heavy atom. The minimum atomic E-state index is 0.333. The van der Waals surface area contributed by atoms with E-state index in [0.717, 1.165) is 36.9 Å². The molecule has 0 radical (unpaired) electrons. The molecule has 0 amide bonds. The smallest absolute Gasteiger partial charge is 0.229 e. The topological polar surface area (TPSA) is 64.3 Å². The van der Waals surface area contributed by atoms with Crippen molar-refractivity contribution in [2.45, 2.75) is 46.1 Å². The molecule has 0 aromatic carbocycles. The summed E-state index contributed by atoms with van der Waals surface area (Å²) in [5.41, 5.74) is 6.86.